The van der Waals surface area contributed by atoms with Crippen molar-refractivity contribution in [3.63, 3.8) is 0 Å². The zero-order valence-electron chi connectivity index (χ0n) is 21.6. The number of benzene rings is 2. The van der Waals surface area contributed by atoms with E-state index >= 15 is 0 Å². The number of esters is 1. The molecule has 0 saturated carbocycles. The van der Waals surface area contributed by atoms with Crippen molar-refractivity contribution in [2.75, 3.05) is 53.6 Å². The van der Waals surface area contributed by atoms with Gasteiger partial charge in [-0.3, -0.25) is 14.6 Å². The molecule has 0 spiro atoms. The lowest BCUT2D eigenvalue weighted by Crippen LogP contribution is -2.45. The van der Waals surface area contributed by atoms with Crippen LogP contribution in [0.25, 0.3) is 0 Å². The number of halogens is 2. The smallest absolute Gasteiger partial charge is 0.305 e. The summed E-state index contributed by atoms with van der Waals surface area (Å²) < 4.78 is 22.3. The Morgan fingerprint density at radius 1 is 0.833 bits per heavy atom. The van der Waals surface area contributed by atoms with E-state index in [2.05, 4.69) is 46.2 Å². The third-order valence-corrected chi connectivity index (χ3v) is 6.02. The summed E-state index contributed by atoms with van der Waals surface area (Å²) in [6, 6.07) is 14.6. The number of hydrogen-bond acceptors (Lipinski definition) is 7. The van der Waals surface area contributed by atoms with Crippen LogP contribution in [0.4, 0.5) is 0 Å². The maximum atomic E-state index is 11.6. The maximum Gasteiger partial charge on any atom is 0.305 e. The number of rotatable bonds is 13. The number of methoxy groups -OCH3 is 2. The van der Waals surface area contributed by atoms with Gasteiger partial charge in [0.25, 0.3) is 0 Å². The van der Waals surface area contributed by atoms with E-state index in [0.29, 0.717) is 31.1 Å². The lowest BCUT2D eigenvalue weighted by molar-refractivity contribution is -0.143. The summed E-state index contributed by atoms with van der Waals surface area (Å²) in [6.45, 7) is 8.59. The molecule has 0 aromatic heterocycles. The van der Waals surface area contributed by atoms with E-state index in [4.69, 9.17) is 18.9 Å². The Labute approximate surface area is 227 Å². The monoisotopic (exact) mass is 542 g/mol. The van der Waals surface area contributed by atoms with Crippen molar-refractivity contribution in [3.8, 4) is 17.2 Å². The Morgan fingerprint density at radius 3 is 2.11 bits per heavy atom. The van der Waals surface area contributed by atoms with Crippen LogP contribution in [-0.2, 0) is 22.6 Å². The van der Waals surface area contributed by atoms with Crippen LogP contribution in [0.2, 0.25) is 0 Å². The second kappa shape index (κ2) is 17.3. The summed E-state index contributed by atoms with van der Waals surface area (Å²) in [5, 5.41) is 0. The van der Waals surface area contributed by atoms with Crippen molar-refractivity contribution in [1.29, 1.82) is 0 Å². The highest BCUT2D eigenvalue weighted by molar-refractivity contribution is 5.85. The molecule has 7 nitrogen and oxygen atoms in total. The van der Waals surface area contributed by atoms with Gasteiger partial charge in [0.05, 0.1) is 27.4 Å². The van der Waals surface area contributed by atoms with Crippen molar-refractivity contribution in [2.24, 2.45) is 0 Å². The van der Waals surface area contributed by atoms with Gasteiger partial charge in [-0.15, -0.1) is 24.8 Å². The van der Waals surface area contributed by atoms with E-state index in [-0.39, 0.29) is 30.8 Å². The predicted octanol–water partition coefficient (Wildman–Crippen LogP) is 4.98. The van der Waals surface area contributed by atoms with Gasteiger partial charge in [0.2, 0.25) is 5.75 Å². The summed E-state index contributed by atoms with van der Waals surface area (Å²) in [5.41, 5.74) is 2.44. The highest BCUT2D eigenvalue weighted by Gasteiger charge is 2.22. The molecule has 1 aliphatic rings. The van der Waals surface area contributed by atoms with Crippen molar-refractivity contribution < 1.29 is 23.7 Å². The molecule has 202 valence electrons. The first kappa shape index (κ1) is 31.8. The molecule has 36 heavy (non-hydrogen) atoms. The van der Waals surface area contributed by atoms with Gasteiger partial charge < -0.3 is 18.9 Å². The number of nitrogens with zero attached hydrogens (tertiary/aromatic N) is 2. The van der Waals surface area contributed by atoms with Crippen molar-refractivity contribution >= 4 is 30.8 Å². The number of carbonyl (C=O) groups excluding carboxylic acids is 1. The normalized spacial score (nSPS) is 13.8. The summed E-state index contributed by atoms with van der Waals surface area (Å²) in [7, 11) is 3.27. The molecule has 0 aliphatic carbocycles. The van der Waals surface area contributed by atoms with Crippen LogP contribution in [0, 0.1) is 0 Å². The van der Waals surface area contributed by atoms with Gasteiger partial charge >= 0.3 is 5.97 Å². The molecule has 2 aromatic carbocycles. The van der Waals surface area contributed by atoms with Crippen LogP contribution in [0.15, 0.2) is 42.5 Å². The molecule has 1 aliphatic heterocycles. The number of piperazine rings is 1. The first-order valence-electron chi connectivity index (χ1n) is 12.2. The molecule has 0 radical (unpaired) electrons. The second-order valence-electron chi connectivity index (χ2n) is 8.44. The highest BCUT2D eigenvalue weighted by atomic mass is 35.5. The minimum Gasteiger partial charge on any atom is -0.493 e. The van der Waals surface area contributed by atoms with Gasteiger partial charge in [-0.25, -0.2) is 0 Å². The van der Waals surface area contributed by atoms with E-state index in [1.54, 1.807) is 14.2 Å². The summed E-state index contributed by atoms with van der Waals surface area (Å²) in [4.78, 5) is 16.5. The average molecular weight is 544 g/mol. The fraction of sp³-hybridized carbons (Fsp3) is 0.519. The van der Waals surface area contributed by atoms with E-state index < -0.39 is 0 Å². The second-order valence-corrected chi connectivity index (χ2v) is 8.44. The number of unbranched alkanes of at least 4 members (excludes halogenated alkanes) is 1. The van der Waals surface area contributed by atoms with E-state index in [0.717, 1.165) is 63.4 Å². The summed E-state index contributed by atoms with van der Waals surface area (Å²) in [5.74, 6) is 1.84. The van der Waals surface area contributed by atoms with E-state index in [9.17, 15) is 4.79 Å². The largest absolute Gasteiger partial charge is 0.493 e. The molecular weight excluding hydrogens is 503 g/mol. The Hall–Kier alpha value is -2.19. The van der Waals surface area contributed by atoms with Crippen molar-refractivity contribution in [3.05, 3.63) is 53.6 Å². The third kappa shape index (κ3) is 9.69. The molecule has 1 heterocycles. The zero-order valence-corrected chi connectivity index (χ0v) is 23.2. The van der Waals surface area contributed by atoms with Gasteiger partial charge in [0, 0.05) is 51.3 Å². The molecule has 0 atom stereocenters. The average Bonchev–Trinajstić information content (AvgIpc) is 2.86. The van der Waals surface area contributed by atoms with Crippen LogP contribution in [-0.4, -0.2) is 69.4 Å². The summed E-state index contributed by atoms with van der Waals surface area (Å²) >= 11 is 0. The standard InChI is InChI=1S/C27H38N2O5.2ClH/c1-4-33-25(30)12-8-9-19-34-26-23(13-14-24(31-2)27(26)32-3)21-29-17-15-28(16-18-29)20-22-10-6-5-7-11-22;;/h5-7,10-11,13-14H,4,8-9,12,15-21H2,1-3H3;2*1H. The first-order chi connectivity index (χ1) is 16.6. The van der Waals surface area contributed by atoms with Gasteiger partial charge in [0.1, 0.15) is 0 Å². The first-order valence-corrected chi connectivity index (χ1v) is 12.2. The fourth-order valence-corrected chi connectivity index (χ4v) is 4.19. The third-order valence-electron chi connectivity index (χ3n) is 6.02. The SMILES string of the molecule is CCOC(=O)CCCCOc1c(CN2CCN(Cc3ccccc3)CC2)ccc(OC)c1OC.Cl.Cl. The molecule has 2 aromatic rings. The van der Waals surface area contributed by atoms with Gasteiger partial charge in [-0.05, 0) is 31.4 Å². The fourth-order valence-electron chi connectivity index (χ4n) is 4.19. The summed E-state index contributed by atoms with van der Waals surface area (Å²) in [6.07, 6.45) is 1.90. The van der Waals surface area contributed by atoms with Gasteiger partial charge in [0.15, 0.2) is 11.5 Å². The Bertz CT molecular complexity index is 893. The molecule has 1 fully saturated rings. The molecule has 0 N–H and O–H groups in total. The highest BCUT2D eigenvalue weighted by Crippen LogP contribution is 2.40. The van der Waals surface area contributed by atoms with E-state index in [1.165, 1.54) is 5.56 Å². The molecule has 0 bridgehead atoms. The van der Waals surface area contributed by atoms with Crippen LogP contribution in [0.5, 0.6) is 17.2 Å². The lowest BCUT2D eigenvalue weighted by Gasteiger charge is -2.35. The molecule has 0 amide bonds. The molecule has 3 rings (SSSR count). The zero-order chi connectivity index (χ0) is 24.2. The minimum atomic E-state index is -0.159. The minimum absolute atomic E-state index is 0. The molecule has 1 saturated heterocycles. The quantitative estimate of drug-likeness (QED) is 0.261. The van der Waals surface area contributed by atoms with Crippen molar-refractivity contribution in [1.82, 2.24) is 9.80 Å². The number of carbonyl (C=O) groups is 1. The molecule has 0 unspecified atom stereocenters. The molecular formula is C27H40Cl2N2O5. The van der Waals surface area contributed by atoms with Gasteiger partial charge in [-0.1, -0.05) is 36.4 Å². The van der Waals surface area contributed by atoms with Crippen LogP contribution in [0.1, 0.15) is 37.3 Å². The van der Waals surface area contributed by atoms with Crippen molar-refractivity contribution in [2.45, 2.75) is 39.3 Å². The Balaban J connectivity index is 0.00000324. The molecule has 9 heteroatoms. The maximum absolute atomic E-state index is 11.6. The predicted molar refractivity (Wildman–Crippen MR) is 147 cm³/mol. The van der Waals surface area contributed by atoms with Crippen LogP contribution >= 0.6 is 24.8 Å². The Morgan fingerprint density at radius 2 is 1.50 bits per heavy atom. The topological polar surface area (TPSA) is 60.5 Å². The Kier molecular flexibility index (Phi) is 15.3. The van der Waals surface area contributed by atoms with E-state index in [1.807, 2.05) is 13.0 Å². The van der Waals surface area contributed by atoms with Gasteiger partial charge in [-0.2, -0.15) is 0 Å². The van der Waals surface area contributed by atoms with Crippen LogP contribution < -0.4 is 14.2 Å². The number of hydrogen-bond donors (Lipinski definition) is 0. The lowest BCUT2D eigenvalue weighted by atomic mass is 10.1. The number of ether oxygens (including phenoxy) is 4. The van der Waals surface area contributed by atoms with Crippen LogP contribution in [0.3, 0.4) is 0 Å².